The molecule has 0 aliphatic rings. The van der Waals surface area contributed by atoms with E-state index in [2.05, 4.69) is 6.92 Å². The van der Waals surface area contributed by atoms with Crippen LogP contribution >= 0.6 is 11.8 Å². The lowest BCUT2D eigenvalue weighted by atomic mass is 10.2. The van der Waals surface area contributed by atoms with Crippen molar-refractivity contribution >= 4 is 11.8 Å². The summed E-state index contributed by atoms with van der Waals surface area (Å²) < 4.78 is 0. The molecule has 0 heterocycles. The standard InChI is InChI=1S/C15H16O2S/c1-3-11-9-13(17)5-7-15(11)18-14-6-4-12(16)8-10(14)2/h4-9,16-17H,3H2,1-2H3. The van der Waals surface area contributed by atoms with Crippen molar-refractivity contribution in [1.29, 1.82) is 0 Å². The van der Waals surface area contributed by atoms with Gasteiger partial charge in [-0.15, -0.1) is 0 Å². The van der Waals surface area contributed by atoms with Gasteiger partial charge in [0.2, 0.25) is 0 Å². The van der Waals surface area contributed by atoms with Crippen LogP contribution in [0.25, 0.3) is 0 Å². The summed E-state index contributed by atoms with van der Waals surface area (Å²) in [4.78, 5) is 2.26. The quantitative estimate of drug-likeness (QED) is 0.872. The molecule has 0 saturated heterocycles. The molecule has 2 aromatic rings. The van der Waals surface area contributed by atoms with Crippen LogP contribution in [-0.4, -0.2) is 10.2 Å². The number of hydrogen-bond acceptors (Lipinski definition) is 3. The average molecular weight is 260 g/mol. The molecular weight excluding hydrogens is 244 g/mol. The van der Waals surface area contributed by atoms with Gasteiger partial charge in [-0.1, -0.05) is 18.7 Å². The van der Waals surface area contributed by atoms with Crippen molar-refractivity contribution in [2.24, 2.45) is 0 Å². The molecule has 3 heteroatoms. The van der Waals surface area contributed by atoms with Crippen LogP contribution in [0, 0.1) is 6.92 Å². The third-order valence-corrected chi connectivity index (χ3v) is 4.10. The summed E-state index contributed by atoms with van der Waals surface area (Å²) in [5.74, 6) is 0.594. The first-order valence-electron chi connectivity index (χ1n) is 5.89. The highest BCUT2D eigenvalue weighted by Gasteiger charge is 2.07. The third kappa shape index (κ3) is 2.79. The second-order valence-electron chi connectivity index (χ2n) is 4.20. The van der Waals surface area contributed by atoms with Gasteiger partial charge in [-0.25, -0.2) is 0 Å². The predicted octanol–water partition coefficient (Wildman–Crippen LogP) is 4.12. The molecule has 0 saturated carbocycles. The van der Waals surface area contributed by atoms with E-state index in [0.29, 0.717) is 11.5 Å². The summed E-state index contributed by atoms with van der Waals surface area (Å²) in [6, 6.07) is 10.8. The van der Waals surface area contributed by atoms with Crippen molar-refractivity contribution in [3.8, 4) is 11.5 Å². The van der Waals surface area contributed by atoms with Gasteiger partial charge in [-0.05, 0) is 60.9 Å². The molecule has 0 aliphatic carbocycles. The summed E-state index contributed by atoms with van der Waals surface area (Å²) in [6.07, 6.45) is 0.883. The van der Waals surface area contributed by atoms with Gasteiger partial charge in [-0.3, -0.25) is 0 Å². The minimum atomic E-state index is 0.290. The predicted molar refractivity (Wildman–Crippen MR) is 74.5 cm³/mol. The minimum Gasteiger partial charge on any atom is -0.508 e. The number of phenolic OH excluding ortho intramolecular Hbond substituents is 2. The summed E-state index contributed by atoms with van der Waals surface area (Å²) in [5.41, 5.74) is 2.18. The maximum absolute atomic E-state index is 9.48. The molecule has 0 fully saturated rings. The lowest BCUT2D eigenvalue weighted by Crippen LogP contribution is -1.86. The Morgan fingerprint density at radius 2 is 1.56 bits per heavy atom. The zero-order valence-corrected chi connectivity index (χ0v) is 11.3. The van der Waals surface area contributed by atoms with Gasteiger partial charge in [0.05, 0.1) is 0 Å². The van der Waals surface area contributed by atoms with E-state index >= 15 is 0 Å². The zero-order valence-electron chi connectivity index (χ0n) is 10.5. The smallest absolute Gasteiger partial charge is 0.115 e. The Kier molecular flexibility index (Phi) is 3.82. The summed E-state index contributed by atoms with van der Waals surface area (Å²) >= 11 is 1.66. The summed E-state index contributed by atoms with van der Waals surface area (Å²) in [6.45, 7) is 4.05. The lowest BCUT2D eigenvalue weighted by Gasteiger charge is -2.10. The molecule has 18 heavy (non-hydrogen) atoms. The van der Waals surface area contributed by atoms with E-state index in [-0.39, 0.29) is 0 Å². The van der Waals surface area contributed by atoms with Crippen LogP contribution in [0.15, 0.2) is 46.2 Å². The van der Waals surface area contributed by atoms with Crippen LogP contribution in [0.4, 0.5) is 0 Å². The fourth-order valence-corrected chi connectivity index (χ4v) is 2.87. The SMILES string of the molecule is CCc1cc(O)ccc1Sc1ccc(O)cc1C. The summed E-state index contributed by atoms with van der Waals surface area (Å²) in [7, 11) is 0. The van der Waals surface area contributed by atoms with Crippen molar-refractivity contribution in [2.75, 3.05) is 0 Å². The van der Waals surface area contributed by atoms with Gasteiger partial charge in [0.1, 0.15) is 11.5 Å². The molecule has 0 aliphatic heterocycles. The van der Waals surface area contributed by atoms with Gasteiger partial charge in [0, 0.05) is 9.79 Å². The molecule has 2 N–H and O–H groups in total. The van der Waals surface area contributed by atoms with E-state index < -0.39 is 0 Å². The van der Waals surface area contributed by atoms with Crippen LogP contribution in [0.3, 0.4) is 0 Å². The lowest BCUT2D eigenvalue weighted by molar-refractivity contribution is 0.473. The molecule has 0 atom stereocenters. The number of aryl methyl sites for hydroxylation is 2. The molecular formula is C15H16O2S. The second-order valence-corrected chi connectivity index (χ2v) is 5.28. The van der Waals surface area contributed by atoms with E-state index in [4.69, 9.17) is 0 Å². The monoisotopic (exact) mass is 260 g/mol. The second kappa shape index (κ2) is 5.36. The van der Waals surface area contributed by atoms with Crippen LogP contribution in [0.2, 0.25) is 0 Å². The molecule has 0 bridgehead atoms. The van der Waals surface area contributed by atoms with Crippen molar-refractivity contribution in [2.45, 2.75) is 30.1 Å². The molecule has 0 spiro atoms. The largest absolute Gasteiger partial charge is 0.508 e. The maximum Gasteiger partial charge on any atom is 0.115 e. The Labute approximate surface area is 111 Å². The topological polar surface area (TPSA) is 40.5 Å². The highest BCUT2D eigenvalue weighted by molar-refractivity contribution is 7.99. The molecule has 2 nitrogen and oxygen atoms in total. The van der Waals surface area contributed by atoms with Gasteiger partial charge in [-0.2, -0.15) is 0 Å². The molecule has 94 valence electrons. The molecule has 0 unspecified atom stereocenters. The Morgan fingerprint density at radius 3 is 2.17 bits per heavy atom. The first kappa shape index (κ1) is 12.8. The highest BCUT2D eigenvalue weighted by Crippen LogP contribution is 2.35. The Bertz CT molecular complexity index is 564. The summed E-state index contributed by atoms with van der Waals surface area (Å²) in [5, 5.41) is 18.9. The first-order chi connectivity index (χ1) is 8.60. The fraction of sp³-hybridized carbons (Fsp3) is 0.200. The molecule has 2 aromatic carbocycles. The van der Waals surface area contributed by atoms with Crippen LogP contribution in [0.5, 0.6) is 11.5 Å². The van der Waals surface area contributed by atoms with Gasteiger partial charge < -0.3 is 10.2 Å². The fourth-order valence-electron chi connectivity index (χ4n) is 1.81. The van der Waals surface area contributed by atoms with E-state index in [1.807, 2.05) is 19.1 Å². The number of aromatic hydroxyl groups is 2. The molecule has 0 aromatic heterocycles. The van der Waals surface area contributed by atoms with Crippen molar-refractivity contribution in [1.82, 2.24) is 0 Å². The van der Waals surface area contributed by atoms with Crippen LogP contribution in [0.1, 0.15) is 18.1 Å². The van der Waals surface area contributed by atoms with Crippen molar-refractivity contribution in [3.05, 3.63) is 47.5 Å². The Morgan fingerprint density at radius 1 is 0.944 bits per heavy atom. The van der Waals surface area contributed by atoms with E-state index in [1.54, 1.807) is 36.0 Å². The first-order valence-corrected chi connectivity index (χ1v) is 6.71. The third-order valence-electron chi connectivity index (χ3n) is 2.80. The van der Waals surface area contributed by atoms with Crippen molar-refractivity contribution in [3.63, 3.8) is 0 Å². The van der Waals surface area contributed by atoms with E-state index in [1.165, 1.54) is 0 Å². The van der Waals surface area contributed by atoms with Gasteiger partial charge in [0.25, 0.3) is 0 Å². The number of hydrogen-bond donors (Lipinski definition) is 2. The normalized spacial score (nSPS) is 10.6. The maximum atomic E-state index is 9.48. The van der Waals surface area contributed by atoms with Gasteiger partial charge >= 0.3 is 0 Å². The number of rotatable bonds is 3. The number of phenols is 2. The highest BCUT2D eigenvalue weighted by atomic mass is 32.2. The molecule has 0 amide bonds. The van der Waals surface area contributed by atoms with Crippen LogP contribution < -0.4 is 0 Å². The zero-order chi connectivity index (χ0) is 13.1. The number of benzene rings is 2. The Balaban J connectivity index is 2.33. The van der Waals surface area contributed by atoms with E-state index in [0.717, 1.165) is 27.3 Å². The Hall–Kier alpha value is -1.61. The minimum absolute atomic E-state index is 0.290. The van der Waals surface area contributed by atoms with Gasteiger partial charge in [0.15, 0.2) is 0 Å². The van der Waals surface area contributed by atoms with E-state index in [9.17, 15) is 10.2 Å². The van der Waals surface area contributed by atoms with Crippen LogP contribution in [-0.2, 0) is 6.42 Å². The average Bonchev–Trinajstić information content (AvgIpc) is 2.34. The molecule has 2 rings (SSSR count). The molecule has 0 radical (unpaired) electrons. The van der Waals surface area contributed by atoms with Crippen molar-refractivity contribution < 1.29 is 10.2 Å².